The lowest BCUT2D eigenvalue weighted by molar-refractivity contribution is -0.127. The summed E-state index contributed by atoms with van der Waals surface area (Å²) in [5.74, 6) is 0.623. The number of hydrogen-bond acceptors (Lipinski definition) is 3. The van der Waals surface area contributed by atoms with E-state index < -0.39 is 0 Å². The monoisotopic (exact) mass is 382 g/mol. The van der Waals surface area contributed by atoms with Crippen molar-refractivity contribution in [2.24, 2.45) is 4.99 Å². The normalized spacial score (nSPS) is 11.2. The molecule has 0 aliphatic rings. The standard InChI is InChI=1S/C22H30N4O2/c1-4-23-22(25-15-21(27)26(2)3)24-14-19-12-8-9-13-20(19)17-28-16-18-10-6-5-7-11-18/h5-13H,4,14-17H2,1-3H3,(H2,23,24,25). The zero-order chi connectivity index (χ0) is 20.2. The van der Waals surface area contributed by atoms with Crippen LogP contribution in [0, 0.1) is 0 Å². The lowest BCUT2D eigenvalue weighted by Gasteiger charge is -2.14. The second-order valence-electron chi connectivity index (χ2n) is 6.58. The molecule has 1 amide bonds. The van der Waals surface area contributed by atoms with E-state index in [4.69, 9.17) is 4.74 Å². The zero-order valence-electron chi connectivity index (χ0n) is 16.9. The highest BCUT2D eigenvalue weighted by Crippen LogP contribution is 2.13. The van der Waals surface area contributed by atoms with Crippen LogP contribution in [0.2, 0.25) is 0 Å². The molecular formula is C22H30N4O2. The molecule has 0 atom stereocenters. The summed E-state index contributed by atoms with van der Waals surface area (Å²) in [6.07, 6.45) is 0. The van der Waals surface area contributed by atoms with Crippen LogP contribution in [0.25, 0.3) is 0 Å². The molecule has 2 aromatic rings. The van der Waals surface area contributed by atoms with Gasteiger partial charge in [0.25, 0.3) is 0 Å². The number of nitrogens with zero attached hydrogens (tertiary/aromatic N) is 2. The second-order valence-corrected chi connectivity index (χ2v) is 6.58. The molecule has 6 nitrogen and oxygen atoms in total. The molecule has 0 aliphatic heterocycles. The molecule has 2 aromatic carbocycles. The molecule has 0 saturated heterocycles. The topological polar surface area (TPSA) is 66.0 Å². The van der Waals surface area contributed by atoms with Crippen LogP contribution in [0.1, 0.15) is 23.6 Å². The van der Waals surface area contributed by atoms with Crippen LogP contribution >= 0.6 is 0 Å². The first-order valence-electron chi connectivity index (χ1n) is 9.51. The molecule has 0 radical (unpaired) electrons. The number of rotatable bonds is 9. The number of likely N-dealkylation sites (N-methyl/N-ethyl adjacent to an activating group) is 1. The number of hydrogen-bond donors (Lipinski definition) is 2. The van der Waals surface area contributed by atoms with E-state index in [1.165, 1.54) is 0 Å². The van der Waals surface area contributed by atoms with Crippen LogP contribution in [-0.2, 0) is 29.3 Å². The van der Waals surface area contributed by atoms with E-state index in [0.717, 1.165) is 23.2 Å². The maximum Gasteiger partial charge on any atom is 0.241 e. The molecule has 0 fully saturated rings. The van der Waals surface area contributed by atoms with Crippen molar-refractivity contribution in [2.75, 3.05) is 27.2 Å². The van der Waals surface area contributed by atoms with E-state index in [2.05, 4.69) is 39.9 Å². The van der Waals surface area contributed by atoms with Crippen molar-refractivity contribution in [3.05, 3.63) is 71.3 Å². The first kappa shape index (κ1) is 21.4. The maximum atomic E-state index is 11.8. The highest BCUT2D eigenvalue weighted by atomic mass is 16.5. The Morgan fingerprint density at radius 3 is 2.32 bits per heavy atom. The first-order chi connectivity index (χ1) is 13.6. The molecule has 150 valence electrons. The van der Waals surface area contributed by atoms with Crippen molar-refractivity contribution in [3.8, 4) is 0 Å². The van der Waals surface area contributed by atoms with Gasteiger partial charge in [-0.15, -0.1) is 0 Å². The van der Waals surface area contributed by atoms with Gasteiger partial charge in [-0.25, -0.2) is 4.99 Å². The van der Waals surface area contributed by atoms with Crippen LogP contribution in [0.15, 0.2) is 59.6 Å². The Bertz CT molecular complexity index is 760. The fourth-order valence-corrected chi connectivity index (χ4v) is 2.53. The van der Waals surface area contributed by atoms with Crippen molar-refractivity contribution in [2.45, 2.75) is 26.7 Å². The van der Waals surface area contributed by atoms with Crippen molar-refractivity contribution in [1.82, 2.24) is 15.5 Å². The number of aliphatic imine (C=N–C) groups is 1. The van der Waals surface area contributed by atoms with E-state index in [1.807, 2.05) is 37.3 Å². The van der Waals surface area contributed by atoms with Gasteiger partial charge in [0.1, 0.15) is 0 Å². The molecule has 6 heteroatoms. The Kier molecular flexibility index (Phi) is 9.01. The molecule has 0 aliphatic carbocycles. The van der Waals surface area contributed by atoms with Crippen molar-refractivity contribution in [1.29, 1.82) is 0 Å². The number of ether oxygens (including phenoxy) is 1. The van der Waals surface area contributed by atoms with Gasteiger partial charge in [-0.3, -0.25) is 4.79 Å². The highest BCUT2D eigenvalue weighted by molar-refractivity contribution is 5.86. The van der Waals surface area contributed by atoms with Gasteiger partial charge in [-0.05, 0) is 23.6 Å². The summed E-state index contributed by atoms with van der Waals surface area (Å²) in [4.78, 5) is 17.9. The summed E-state index contributed by atoms with van der Waals surface area (Å²) >= 11 is 0. The van der Waals surface area contributed by atoms with Crippen LogP contribution in [0.3, 0.4) is 0 Å². The summed E-state index contributed by atoms with van der Waals surface area (Å²) < 4.78 is 5.88. The SMILES string of the molecule is CCNC(=NCc1ccccc1COCc1ccccc1)NCC(=O)N(C)C. The molecule has 2 N–H and O–H groups in total. The van der Waals surface area contributed by atoms with Crippen LogP contribution in [-0.4, -0.2) is 44.0 Å². The average Bonchev–Trinajstić information content (AvgIpc) is 2.71. The molecule has 0 unspecified atom stereocenters. The van der Waals surface area contributed by atoms with Gasteiger partial charge >= 0.3 is 0 Å². The van der Waals surface area contributed by atoms with Crippen LogP contribution in [0.5, 0.6) is 0 Å². The number of guanidine groups is 1. The molecule has 28 heavy (non-hydrogen) atoms. The van der Waals surface area contributed by atoms with Crippen molar-refractivity contribution >= 4 is 11.9 Å². The maximum absolute atomic E-state index is 11.8. The molecule has 0 aromatic heterocycles. The molecule has 0 heterocycles. The Hall–Kier alpha value is -2.86. The van der Waals surface area contributed by atoms with Crippen molar-refractivity contribution < 1.29 is 9.53 Å². The molecule has 0 spiro atoms. The minimum atomic E-state index is 0.000292. The lowest BCUT2D eigenvalue weighted by atomic mass is 10.1. The van der Waals surface area contributed by atoms with Gasteiger partial charge in [0.05, 0.1) is 26.3 Å². The van der Waals surface area contributed by atoms with E-state index in [-0.39, 0.29) is 12.5 Å². The largest absolute Gasteiger partial charge is 0.372 e. The lowest BCUT2D eigenvalue weighted by Crippen LogP contribution is -2.42. The number of amides is 1. The average molecular weight is 383 g/mol. The van der Waals surface area contributed by atoms with Gasteiger partial charge in [0, 0.05) is 20.6 Å². The number of benzene rings is 2. The Morgan fingerprint density at radius 2 is 1.64 bits per heavy atom. The third-order valence-electron chi connectivity index (χ3n) is 4.15. The zero-order valence-corrected chi connectivity index (χ0v) is 16.9. The summed E-state index contributed by atoms with van der Waals surface area (Å²) in [7, 11) is 3.47. The van der Waals surface area contributed by atoms with Gasteiger partial charge in [-0.2, -0.15) is 0 Å². The fourth-order valence-electron chi connectivity index (χ4n) is 2.53. The predicted octanol–water partition coefficient (Wildman–Crippen LogP) is 2.55. The first-order valence-corrected chi connectivity index (χ1v) is 9.51. The Balaban J connectivity index is 1.95. The number of carbonyl (C=O) groups is 1. The minimum Gasteiger partial charge on any atom is -0.372 e. The fraction of sp³-hybridized carbons (Fsp3) is 0.364. The van der Waals surface area contributed by atoms with Crippen LogP contribution < -0.4 is 10.6 Å². The quantitative estimate of drug-likeness (QED) is 0.517. The third kappa shape index (κ3) is 7.40. The van der Waals surface area contributed by atoms with Gasteiger partial charge < -0.3 is 20.3 Å². The minimum absolute atomic E-state index is 0.000292. The number of nitrogens with one attached hydrogen (secondary N) is 2. The highest BCUT2D eigenvalue weighted by Gasteiger charge is 2.06. The molecular weight excluding hydrogens is 352 g/mol. The van der Waals surface area contributed by atoms with Gasteiger partial charge in [-0.1, -0.05) is 54.6 Å². The summed E-state index contributed by atoms with van der Waals surface area (Å²) in [5.41, 5.74) is 3.37. The second kappa shape index (κ2) is 11.8. The Labute approximate surface area is 167 Å². The van der Waals surface area contributed by atoms with Crippen molar-refractivity contribution in [3.63, 3.8) is 0 Å². The third-order valence-corrected chi connectivity index (χ3v) is 4.15. The molecule has 0 bridgehead atoms. The van der Waals surface area contributed by atoms with Crippen LogP contribution in [0.4, 0.5) is 0 Å². The van der Waals surface area contributed by atoms with E-state index in [1.54, 1.807) is 19.0 Å². The summed E-state index contributed by atoms with van der Waals surface area (Å²) in [6.45, 7) is 4.55. The predicted molar refractivity (Wildman–Crippen MR) is 113 cm³/mol. The van der Waals surface area contributed by atoms with E-state index >= 15 is 0 Å². The molecule has 2 rings (SSSR count). The summed E-state index contributed by atoms with van der Waals surface area (Å²) in [5, 5.41) is 6.24. The Morgan fingerprint density at radius 1 is 0.964 bits per heavy atom. The number of carbonyl (C=O) groups excluding carboxylic acids is 1. The smallest absolute Gasteiger partial charge is 0.241 e. The van der Waals surface area contributed by atoms with Gasteiger partial charge in [0.15, 0.2) is 5.96 Å². The van der Waals surface area contributed by atoms with E-state index in [9.17, 15) is 4.79 Å². The van der Waals surface area contributed by atoms with Gasteiger partial charge in [0.2, 0.25) is 5.91 Å². The van der Waals surface area contributed by atoms with E-state index in [0.29, 0.717) is 25.7 Å². The summed E-state index contributed by atoms with van der Waals surface area (Å²) in [6, 6.07) is 18.3. The molecule has 0 saturated carbocycles.